The zero-order valence-corrected chi connectivity index (χ0v) is 18.5. The highest BCUT2D eigenvalue weighted by atomic mass is 32.2. The summed E-state index contributed by atoms with van der Waals surface area (Å²) in [5, 5.41) is 3.35. The molecule has 0 aromatic heterocycles. The Bertz CT molecular complexity index is 956. The van der Waals surface area contributed by atoms with Crippen LogP contribution in [0.4, 0.5) is 4.39 Å². The maximum atomic E-state index is 14.0. The van der Waals surface area contributed by atoms with E-state index in [-0.39, 0.29) is 23.5 Å². The van der Waals surface area contributed by atoms with Gasteiger partial charge < -0.3 is 16.0 Å². The van der Waals surface area contributed by atoms with Gasteiger partial charge in [-0.15, -0.1) is 0 Å². The molecule has 3 N–H and O–H groups in total. The Labute approximate surface area is 185 Å². The fourth-order valence-corrected chi connectivity index (χ4v) is 5.81. The SMILES string of the molecule is CC(N=C1NC(=O)C(C)(C2CCN(C(=O)C3(C(N)=O)CC3)CC2)S1)c1ccccc1F. The predicted molar refractivity (Wildman–Crippen MR) is 117 cm³/mol. The average Bonchev–Trinajstić information content (AvgIpc) is 3.50. The van der Waals surface area contributed by atoms with Gasteiger partial charge in [-0.05, 0) is 51.5 Å². The van der Waals surface area contributed by atoms with Crippen molar-refractivity contribution in [2.75, 3.05) is 13.1 Å². The van der Waals surface area contributed by atoms with Crippen molar-refractivity contribution in [3.8, 4) is 0 Å². The van der Waals surface area contributed by atoms with Gasteiger partial charge in [0.25, 0.3) is 0 Å². The topological polar surface area (TPSA) is 105 Å². The molecule has 2 atom stereocenters. The average molecular weight is 447 g/mol. The summed E-state index contributed by atoms with van der Waals surface area (Å²) in [6.07, 6.45) is 2.37. The van der Waals surface area contributed by atoms with E-state index < -0.39 is 22.1 Å². The molecule has 0 radical (unpaired) electrons. The van der Waals surface area contributed by atoms with Crippen LogP contribution in [0, 0.1) is 17.2 Å². The van der Waals surface area contributed by atoms with Crippen LogP contribution in [0.5, 0.6) is 0 Å². The Morgan fingerprint density at radius 2 is 1.94 bits per heavy atom. The van der Waals surface area contributed by atoms with E-state index in [2.05, 4.69) is 10.3 Å². The number of amides is 3. The molecule has 2 unspecified atom stereocenters. The number of hydrogen-bond donors (Lipinski definition) is 2. The molecule has 2 saturated heterocycles. The zero-order valence-electron chi connectivity index (χ0n) is 17.7. The van der Waals surface area contributed by atoms with Crippen molar-refractivity contribution in [2.45, 2.75) is 50.3 Å². The van der Waals surface area contributed by atoms with Gasteiger partial charge in [0, 0.05) is 18.7 Å². The highest BCUT2D eigenvalue weighted by Gasteiger charge is 2.58. The molecule has 3 amide bonds. The number of rotatable bonds is 5. The molecule has 2 heterocycles. The fourth-order valence-electron chi connectivity index (χ4n) is 4.51. The van der Waals surface area contributed by atoms with Gasteiger partial charge in [-0.2, -0.15) is 0 Å². The number of nitrogens with one attached hydrogen (secondary N) is 1. The van der Waals surface area contributed by atoms with Crippen molar-refractivity contribution >= 4 is 34.7 Å². The van der Waals surface area contributed by atoms with Gasteiger partial charge in [-0.25, -0.2) is 4.39 Å². The Morgan fingerprint density at radius 3 is 2.52 bits per heavy atom. The molecular weight excluding hydrogens is 419 g/mol. The maximum absolute atomic E-state index is 14.0. The molecule has 0 bridgehead atoms. The maximum Gasteiger partial charge on any atom is 0.242 e. The second-order valence-corrected chi connectivity index (χ2v) is 10.2. The first-order valence-electron chi connectivity index (χ1n) is 10.6. The second-order valence-electron chi connectivity index (χ2n) is 8.81. The Hall–Kier alpha value is -2.42. The lowest BCUT2D eigenvalue weighted by atomic mass is 9.83. The number of amidine groups is 1. The van der Waals surface area contributed by atoms with E-state index in [1.165, 1.54) is 17.8 Å². The highest BCUT2D eigenvalue weighted by Crippen LogP contribution is 2.48. The highest BCUT2D eigenvalue weighted by molar-refractivity contribution is 8.16. The van der Waals surface area contributed by atoms with E-state index in [0.29, 0.717) is 49.5 Å². The van der Waals surface area contributed by atoms with Crippen molar-refractivity contribution in [2.24, 2.45) is 22.1 Å². The summed E-state index contributed by atoms with van der Waals surface area (Å²) >= 11 is 1.38. The smallest absolute Gasteiger partial charge is 0.242 e. The number of carbonyl (C=O) groups is 3. The zero-order chi connectivity index (χ0) is 22.4. The first-order valence-corrected chi connectivity index (χ1v) is 11.4. The lowest BCUT2D eigenvalue weighted by molar-refractivity contribution is -0.144. The quantitative estimate of drug-likeness (QED) is 0.678. The molecule has 7 nitrogen and oxygen atoms in total. The van der Waals surface area contributed by atoms with Crippen LogP contribution in [-0.2, 0) is 14.4 Å². The summed E-state index contributed by atoms with van der Waals surface area (Å²) < 4.78 is 13.3. The third-order valence-corrected chi connectivity index (χ3v) is 8.18. The van der Waals surface area contributed by atoms with Crippen LogP contribution < -0.4 is 11.1 Å². The molecular formula is C22H27FN4O3S. The van der Waals surface area contributed by atoms with Crippen LogP contribution in [0.2, 0.25) is 0 Å². The number of piperidine rings is 1. The van der Waals surface area contributed by atoms with Crippen LogP contribution in [0.25, 0.3) is 0 Å². The first kappa shape index (κ1) is 21.8. The molecule has 166 valence electrons. The van der Waals surface area contributed by atoms with E-state index in [1.54, 1.807) is 30.0 Å². The van der Waals surface area contributed by atoms with Crippen molar-refractivity contribution in [3.05, 3.63) is 35.6 Å². The summed E-state index contributed by atoms with van der Waals surface area (Å²) in [4.78, 5) is 43.5. The van der Waals surface area contributed by atoms with Crippen molar-refractivity contribution in [1.82, 2.24) is 10.2 Å². The number of aliphatic imine (C=N–C) groups is 1. The third kappa shape index (κ3) is 3.84. The van der Waals surface area contributed by atoms with Crippen molar-refractivity contribution < 1.29 is 18.8 Å². The predicted octanol–water partition coefficient (Wildman–Crippen LogP) is 2.37. The van der Waals surface area contributed by atoms with E-state index in [1.807, 2.05) is 6.92 Å². The van der Waals surface area contributed by atoms with Crippen LogP contribution in [-0.4, -0.2) is 45.6 Å². The van der Waals surface area contributed by atoms with Crippen molar-refractivity contribution in [1.29, 1.82) is 0 Å². The van der Waals surface area contributed by atoms with Crippen LogP contribution in [0.15, 0.2) is 29.3 Å². The second kappa shape index (κ2) is 7.93. The lowest BCUT2D eigenvalue weighted by Crippen LogP contribution is -2.50. The minimum atomic E-state index is -1.00. The van der Waals surface area contributed by atoms with Gasteiger partial charge in [0.1, 0.15) is 16.0 Å². The van der Waals surface area contributed by atoms with Crippen molar-refractivity contribution in [3.63, 3.8) is 0 Å². The molecule has 1 aliphatic carbocycles. The number of nitrogens with two attached hydrogens (primary N) is 1. The van der Waals surface area contributed by atoms with Crippen LogP contribution in [0.1, 0.15) is 51.1 Å². The number of thioether (sulfide) groups is 1. The van der Waals surface area contributed by atoms with Gasteiger partial charge in [-0.1, -0.05) is 30.0 Å². The van der Waals surface area contributed by atoms with Gasteiger partial charge >= 0.3 is 0 Å². The van der Waals surface area contributed by atoms with Gasteiger partial charge in [0.05, 0.1) is 6.04 Å². The summed E-state index contributed by atoms with van der Waals surface area (Å²) in [6.45, 7) is 4.70. The molecule has 1 aromatic rings. The molecule has 1 saturated carbocycles. The summed E-state index contributed by atoms with van der Waals surface area (Å²) in [5.74, 6) is -1.09. The molecule has 9 heteroatoms. The summed E-state index contributed by atoms with van der Waals surface area (Å²) in [7, 11) is 0. The molecule has 31 heavy (non-hydrogen) atoms. The van der Waals surface area contributed by atoms with E-state index in [9.17, 15) is 18.8 Å². The van der Waals surface area contributed by atoms with Gasteiger partial charge in [0.2, 0.25) is 17.7 Å². The van der Waals surface area contributed by atoms with E-state index >= 15 is 0 Å². The monoisotopic (exact) mass is 446 g/mol. The Kier molecular flexibility index (Phi) is 5.57. The van der Waals surface area contributed by atoms with Crippen LogP contribution >= 0.6 is 11.8 Å². The molecule has 3 fully saturated rings. The van der Waals surface area contributed by atoms with Gasteiger partial charge in [-0.3, -0.25) is 19.4 Å². The molecule has 3 aliphatic rings. The number of nitrogens with zero attached hydrogens (tertiary/aromatic N) is 2. The summed E-state index contributed by atoms with van der Waals surface area (Å²) in [6, 6.07) is 6.06. The third-order valence-electron chi connectivity index (χ3n) is 6.84. The Balaban J connectivity index is 1.41. The van der Waals surface area contributed by atoms with E-state index in [4.69, 9.17) is 5.73 Å². The number of primary amides is 1. The van der Waals surface area contributed by atoms with E-state index in [0.717, 1.165) is 0 Å². The molecule has 2 aliphatic heterocycles. The fraction of sp³-hybridized carbons (Fsp3) is 0.545. The Morgan fingerprint density at radius 1 is 1.29 bits per heavy atom. The van der Waals surface area contributed by atoms with Crippen LogP contribution in [0.3, 0.4) is 0 Å². The van der Waals surface area contributed by atoms with Gasteiger partial charge in [0.15, 0.2) is 5.17 Å². The number of carbonyl (C=O) groups excluding carboxylic acids is 3. The normalized spacial score (nSPS) is 27.8. The largest absolute Gasteiger partial charge is 0.369 e. The minimum absolute atomic E-state index is 0.0572. The molecule has 4 rings (SSSR count). The number of benzene rings is 1. The standard InChI is InChI=1S/C22H27FN4O3S/c1-13(15-5-3-4-6-16(15)23)25-20-26-18(29)21(2,31-20)14-7-11-27(12-8-14)19(30)22(9-10-22)17(24)28/h3-6,13-14H,7-12H2,1-2H3,(H2,24,28)(H,25,26,29). The minimum Gasteiger partial charge on any atom is -0.369 e. The number of likely N-dealkylation sites (tertiary alicyclic amines) is 1. The first-order chi connectivity index (χ1) is 14.7. The summed E-state index contributed by atoms with van der Waals surface area (Å²) in [5.41, 5.74) is 4.91. The molecule has 1 aromatic carbocycles. The number of hydrogen-bond acceptors (Lipinski definition) is 5. The lowest BCUT2D eigenvalue weighted by Gasteiger charge is -2.39. The molecule has 0 spiro atoms. The number of halogens is 1.